The topological polar surface area (TPSA) is 88.1 Å². The molecule has 2 aromatic heterocycles. The molecule has 3 heterocycles. The molecule has 2 unspecified atom stereocenters. The fourth-order valence-corrected chi connectivity index (χ4v) is 4.06. The predicted molar refractivity (Wildman–Crippen MR) is 113 cm³/mol. The van der Waals surface area contributed by atoms with Gasteiger partial charge in [-0.1, -0.05) is 43.3 Å². The summed E-state index contributed by atoms with van der Waals surface area (Å²) in [6, 6.07) is 15.5. The number of nitrogens with zero attached hydrogens (tertiary/aromatic N) is 2. The number of hydrogen-bond donors (Lipinski definition) is 3. The Morgan fingerprint density at radius 3 is 2.83 bits per heavy atom. The first kappa shape index (κ1) is 19.4. The van der Waals surface area contributed by atoms with Crippen LogP contribution < -0.4 is 16.0 Å². The molecule has 150 valence electrons. The maximum Gasteiger partial charge on any atom is 0.225 e. The van der Waals surface area contributed by atoms with Gasteiger partial charge in [0.1, 0.15) is 11.5 Å². The number of anilines is 1. The first-order valence-corrected chi connectivity index (χ1v) is 10.6. The van der Waals surface area contributed by atoms with Gasteiger partial charge in [0.25, 0.3) is 0 Å². The lowest BCUT2D eigenvalue weighted by atomic mass is 10.0. The van der Waals surface area contributed by atoms with Crippen molar-refractivity contribution in [3.8, 4) is 10.6 Å². The van der Waals surface area contributed by atoms with Crippen LogP contribution in [0.25, 0.3) is 10.6 Å². The highest BCUT2D eigenvalue weighted by molar-refractivity contribution is 7.13. The number of benzene rings is 1. The molecule has 1 fully saturated rings. The smallest absolute Gasteiger partial charge is 0.225 e. The van der Waals surface area contributed by atoms with E-state index in [1.54, 1.807) is 16.0 Å². The van der Waals surface area contributed by atoms with Crippen LogP contribution >= 0.6 is 11.3 Å². The van der Waals surface area contributed by atoms with Crippen LogP contribution in [0, 0.1) is 0 Å². The molecule has 29 heavy (non-hydrogen) atoms. The number of carbonyl (C=O) groups is 2. The van der Waals surface area contributed by atoms with E-state index in [-0.39, 0.29) is 17.9 Å². The number of rotatable bonds is 6. The largest absolute Gasteiger partial charge is 0.322 e. The molecule has 1 saturated heterocycles. The van der Waals surface area contributed by atoms with E-state index in [9.17, 15) is 9.59 Å². The van der Waals surface area contributed by atoms with Crippen LogP contribution in [-0.4, -0.2) is 21.6 Å². The highest BCUT2D eigenvalue weighted by atomic mass is 32.1. The molecule has 3 aromatic rings. The monoisotopic (exact) mass is 409 g/mol. The Bertz CT molecular complexity index is 984. The Labute approximate surface area is 173 Å². The summed E-state index contributed by atoms with van der Waals surface area (Å²) in [4.78, 5) is 25.7. The van der Waals surface area contributed by atoms with Gasteiger partial charge >= 0.3 is 0 Å². The first-order chi connectivity index (χ1) is 14.1. The standard InChI is InChI=1S/C21H23N5O2S/c1-2-7-19(27)23-18-12-16(17-10-6-11-29-17)25-26(18)21-22-15(13-20(28)24-21)14-8-4-3-5-9-14/h3-6,8-12,15,21-22H,2,7,13H2,1H3,(H,23,27)(H,24,28). The van der Waals surface area contributed by atoms with E-state index in [4.69, 9.17) is 0 Å². The molecule has 1 aliphatic heterocycles. The maximum atomic E-state index is 12.4. The van der Waals surface area contributed by atoms with Crippen molar-refractivity contribution in [2.75, 3.05) is 5.32 Å². The minimum absolute atomic E-state index is 0.0680. The molecule has 4 rings (SSSR count). The van der Waals surface area contributed by atoms with Crippen molar-refractivity contribution in [3.05, 3.63) is 59.5 Å². The summed E-state index contributed by atoms with van der Waals surface area (Å²) in [6.07, 6.45) is 0.965. The van der Waals surface area contributed by atoms with Crippen LogP contribution in [0.4, 0.5) is 5.82 Å². The number of thiophene rings is 1. The predicted octanol–water partition coefficient (Wildman–Crippen LogP) is 3.66. The average molecular weight is 410 g/mol. The summed E-state index contributed by atoms with van der Waals surface area (Å²) in [5.41, 5.74) is 1.79. The third-order valence-corrected chi connectivity index (χ3v) is 5.64. The summed E-state index contributed by atoms with van der Waals surface area (Å²) in [6.45, 7) is 1.96. The second-order valence-corrected chi connectivity index (χ2v) is 7.89. The maximum absolute atomic E-state index is 12.4. The molecule has 7 nitrogen and oxygen atoms in total. The van der Waals surface area contributed by atoms with Gasteiger partial charge in [0.15, 0.2) is 6.29 Å². The zero-order valence-corrected chi connectivity index (χ0v) is 16.9. The molecule has 2 amide bonds. The van der Waals surface area contributed by atoms with E-state index >= 15 is 0 Å². The van der Waals surface area contributed by atoms with Crippen LogP contribution in [0.3, 0.4) is 0 Å². The van der Waals surface area contributed by atoms with Crippen LogP contribution in [0.2, 0.25) is 0 Å². The van der Waals surface area contributed by atoms with Gasteiger partial charge in [-0.05, 0) is 23.4 Å². The minimum Gasteiger partial charge on any atom is -0.322 e. The Hall–Kier alpha value is -2.97. The van der Waals surface area contributed by atoms with Crippen LogP contribution in [-0.2, 0) is 9.59 Å². The molecular weight excluding hydrogens is 386 g/mol. The van der Waals surface area contributed by atoms with E-state index in [2.05, 4.69) is 21.0 Å². The van der Waals surface area contributed by atoms with Gasteiger partial charge in [-0.2, -0.15) is 5.10 Å². The number of hydrogen-bond acceptors (Lipinski definition) is 5. The molecular formula is C21H23N5O2S. The second-order valence-electron chi connectivity index (χ2n) is 6.94. The van der Waals surface area contributed by atoms with Gasteiger partial charge in [0, 0.05) is 24.9 Å². The number of aromatic nitrogens is 2. The zero-order chi connectivity index (χ0) is 20.2. The average Bonchev–Trinajstić information content (AvgIpc) is 3.38. The zero-order valence-electron chi connectivity index (χ0n) is 16.1. The fourth-order valence-electron chi connectivity index (χ4n) is 3.38. The van der Waals surface area contributed by atoms with Gasteiger partial charge in [-0.3, -0.25) is 14.9 Å². The Morgan fingerprint density at radius 1 is 1.28 bits per heavy atom. The van der Waals surface area contributed by atoms with E-state index in [0.717, 1.165) is 22.6 Å². The second kappa shape index (κ2) is 8.59. The van der Waals surface area contributed by atoms with Gasteiger partial charge in [-0.15, -0.1) is 11.3 Å². The highest BCUT2D eigenvalue weighted by Gasteiger charge is 2.30. The van der Waals surface area contributed by atoms with Crippen molar-refractivity contribution in [1.82, 2.24) is 20.4 Å². The van der Waals surface area contributed by atoms with Crippen LogP contribution in [0.5, 0.6) is 0 Å². The van der Waals surface area contributed by atoms with Crippen molar-refractivity contribution >= 4 is 29.0 Å². The number of amides is 2. The van der Waals surface area contributed by atoms with Crippen molar-refractivity contribution < 1.29 is 9.59 Å². The molecule has 0 saturated carbocycles. The fraction of sp³-hybridized carbons (Fsp3) is 0.286. The van der Waals surface area contributed by atoms with Crippen molar-refractivity contribution in [3.63, 3.8) is 0 Å². The lowest BCUT2D eigenvalue weighted by Gasteiger charge is -2.32. The van der Waals surface area contributed by atoms with Crippen LogP contribution in [0.15, 0.2) is 53.9 Å². The highest BCUT2D eigenvalue weighted by Crippen LogP contribution is 2.29. The quantitative estimate of drug-likeness (QED) is 0.580. The minimum atomic E-state index is -0.563. The molecule has 8 heteroatoms. The summed E-state index contributed by atoms with van der Waals surface area (Å²) in [7, 11) is 0. The van der Waals surface area contributed by atoms with Crippen molar-refractivity contribution in [2.45, 2.75) is 38.5 Å². The van der Waals surface area contributed by atoms with Gasteiger partial charge in [-0.25, -0.2) is 4.68 Å². The third-order valence-electron chi connectivity index (χ3n) is 4.75. The van der Waals surface area contributed by atoms with Crippen molar-refractivity contribution in [2.24, 2.45) is 0 Å². The molecule has 0 radical (unpaired) electrons. The van der Waals surface area contributed by atoms with E-state index < -0.39 is 6.29 Å². The Morgan fingerprint density at radius 2 is 2.10 bits per heavy atom. The Kier molecular flexibility index (Phi) is 5.73. The molecule has 0 aliphatic carbocycles. The SMILES string of the molecule is CCCC(=O)Nc1cc(-c2cccs2)nn1C1NC(=O)CC(c2ccccc2)N1. The molecule has 3 N–H and O–H groups in total. The summed E-state index contributed by atoms with van der Waals surface area (Å²) >= 11 is 1.58. The van der Waals surface area contributed by atoms with Crippen molar-refractivity contribution in [1.29, 1.82) is 0 Å². The molecule has 0 spiro atoms. The first-order valence-electron chi connectivity index (χ1n) is 9.67. The normalized spacial score (nSPS) is 19.0. The molecule has 2 atom stereocenters. The third kappa shape index (κ3) is 4.38. The van der Waals surface area contributed by atoms with Gasteiger partial charge < -0.3 is 10.6 Å². The molecule has 0 bridgehead atoms. The van der Waals surface area contributed by atoms with E-state index in [1.807, 2.05) is 60.8 Å². The summed E-state index contributed by atoms with van der Waals surface area (Å²) in [5, 5.41) is 16.0. The summed E-state index contributed by atoms with van der Waals surface area (Å²) in [5.74, 6) is 0.410. The number of carbonyl (C=O) groups excluding carboxylic acids is 2. The number of nitrogens with one attached hydrogen (secondary N) is 3. The van der Waals surface area contributed by atoms with Gasteiger partial charge in [0.2, 0.25) is 11.8 Å². The van der Waals surface area contributed by atoms with E-state index in [0.29, 0.717) is 18.7 Å². The molecule has 1 aliphatic rings. The van der Waals surface area contributed by atoms with Gasteiger partial charge in [0.05, 0.1) is 4.88 Å². The molecule has 1 aromatic carbocycles. The van der Waals surface area contributed by atoms with Crippen LogP contribution in [0.1, 0.15) is 44.1 Å². The Balaban J connectivity index is 1.66. The summed E-state index contributed by atoms with van der Waals surface area (Å²) < 4.78 is 1.65. The lowest BCUT2D eigenvalue weighted by Crippen LogP contribution is -2.50. The van der Waals surface area contributed by atoms with E-state index in [1.165, 1.54) is 0 Å². The lowest BCUT2D eigenvalue weighted by molar-refractivity contribution is -0.125.